The van der Waals surface area contributed by atoms with Crippen LogP contribution in [-0.2, 0) is 6.42 Å². The van der Waals surface area contributed by atoms with E-state index in [-0.39, 0.29) is 0 Å². The molecule has 0 saturated heterocycles. The number of nitrogens with zero attached hydrogens (tertiary/aromatic N) is 1. The van der Waals surface area contributed by atoms with E-state index in [2.05, 4.69) is 15.3 Å². The van der Waals surface area contributed by atoms with Gasteiger partial charge in [0.15, 0.2) is 0 Å². The second-order valence-corrected chi connectivity index (χ2v) is 3.47. The molecule has 0 fully saturated rings. The number of nitrogens with one attached hydrogen (secondary N) is 2. The molecule has 5 nitrogen and oxygen atoms in total. The fourth-order valence-electron chi connectivity index (χ4n) is 1.41. The van der Waals surface area contributed by atoms with Gasteiger partial charge in [-0.1, -0.05) is 12.8 Å². The maximum Gasteiger partial charge on any atom is 0.404 e. The Morgan fingerprint density at radius 1 is 1.40 bits per heavy atom. The number of aromatic amines is 1. The van der Waals surface area contributed by atoms with Crippen LogP contribution in [0.2, 0.25) is 0 Å². The van der Waals surface area contributed by atoms with Crippen molar-refractivity contribution in [2.45, 2.75) is 32.1 Å². The third-order valence-corrected chi connectivity index (χ3v) is 2.20. The maximum atomic E-state index is 10.1. The van der Waals surface area contributed by atoms with Crippen LogP contribution in [0.4, 0.5) is 4.79 Å². The van der Waals surface area contributed by atoms with Gasteiger partial charge >= 0.3 is 6.09 Å². The predicted octanol–water partition coefficient (Wildman–Crippen LogP) is 1.78. The molecule has 1 aromatic rings. The molecule has 0 aliphatic heterocycles. The first kappa shape index (κ1) is 11.6. The molecule has 0 unspecified atom stereocenters. The van der Waals surface area contributed by atoms with Crippen molar-refractivity contribution in [3.63, 3.8) is 0 Å². The van der Waals surface area contributed by atoms with Gasteiger partial charge < -0.3 is 15.4 Å². The first-order valence-corrected chi connectivity index (χ1v) is 5.23. The highest BCUT2D eigenvalue weighted by Gasteiger charge is 1.95. The van der Waals surface area contributed by atoms with Crippen LogP contribution < -0.4 is 5.32 Å². The molecule has 0 saturated carbocycles. The lowest BCUT2D eigenvalue weighted by Crippen LogP contribution is -2.21. The molecule has 0 spiro atoms. The van der Waals surface area contributed by atoms with E-state index in [0.29, 0.717) is 6.54 Å². The Morgan fingerprint density at radius 3 is 2.87 bits per heavy atom. The summed E-state index contributed by atoms with van der Waals surface area (Å²) < 4.78 is 0. The van der Waals surface area contributed by atoms with Gasteiger partial charge in [0.1, 0.15) is 0 Å². The molecule has 1 aromatic heterocycles. The molecule has 0 aliphatic rings. The normalized spacial score (nSPS) is 10.1. The minimum absolute atomic E-state index is 0.555. The number of rotatable bonds is 7. The van der Waals surface area contributed by atoms with Gasteiger partial charge in [-0.2, -0.15) is 0 Å². The van der Waals surface area contributed by atoms with E-state index >= 15 is 0 Å². The van der Waals surface area contributed by atoms with Gasteiger partial charge in [0.25, 0.3) is 0 Å². The number of aryl methyl sites for hydroxylation is 1. The van der Waals surface area contributed by atoms with Gasteiger partial charge in [0, 0.05) is 18.4 Å². The number of H-pyrrole nitrogens is 1. The van der Waals surface area contributed by atoms with E-state index in [4.69, 9.17) is 5.11 Å². The van der Waals surface area contributed by atoms with Crippen LogP contribution in [0.15, 0.2) is 12.5 Å². The molecule has 0 radical (unpaired) electrons. The van der Waals surface area contributed by atoms with Gasteiger partial charge in [0.05, 0.1) is 6.33 Å². The molecular weight excluding hydrogens is 194 g/mol. The average molecular weight is 211 g/mol. The topological polar surface area (TPSA) is 78.0 Å². The van der Waals surface area contributed by atoms with E-state index in [9.17, 15) is 4.79 Å². The number of imidazole rings is 1. The summed E-state index contributed by atoms with van der Waals surface area (Å²) >= 11 is 0. The van der Waals surface area contributed by atoms with Crippen LogP contribution in [0.1, 0.15) is 31.4 Å². The number of carbonyl (C=O) groups is 1. The summed E-state index contributed by atoms with van der Waals surface area (Å²) in [6, 6.07) is 0. The molecule has 0 atom stereocenters. The van der Waals surface area contributed by atoms with Crippen molar-refractivity contribution in [3.8, 4) is 0 Å². The Bertz CT molecular complexity index is 272. The highest BCUT2D eigenvalue weighted by Crippen LogP contribution is 2.04. The lowest BCUT2D eigenvalue weighted by molar-refractivity contribution is 0.194. The van der Waals surface area contributed by atoms with E-state index < -0.39 is 6.09 Å². The first-order chi connectivity index (χ1) is 7.29. The number of hydrogen-bond donors (Lipinski definition) is 3. The Kier molecular flexibility index (Phi) is 5.29. The summed E-state index contributed by atoms with van der Waals surface area (Å²) in [6.07, 6.45) is 7.83. The summed E-state index contributed by atoms with van der Waals surface area (Å²) in [5.74, 6) is 0. The van der Waals surface area contributed by atoms with Crippen LogP contribution in [-0.4, -0.2) is 27.7 Å². The number of carboxylic acid groups (broad SMARTS) is 1. The lowest BCUT2D eigenvalue weighted by Gasteiger charge is -2.00. The molecular formula is C10H17N3O2. The zero-order valence-electron chi connectivity index (χ0n) is 8.70. The Balaban J connectivity index is 1.87. The van der Waals surface area contributed by atoms with Gasteiger partial charge in [-0.05, 0) is 19.3 Å². The number of hydrogen-bond acceptors (Lipinski definition) is 2. The Morgan fingerprint density at radius 2 is 2.20 bits per heavy atom. The molecule has 1 amide bonds. The predicted molar refractivity (Wildman–Crippen MR) is 56.8 cm³/mol. The van der Waals surface area contributed by atoms with Gasteiger partial charge in [-0.25, -0.2) is 9.78 Å². The zero-order chi connectivity index (χ0) is 10.9. The van der Waals surface area contributed by atoms with E-state index in [0.717, 1.165) is 32.1 Å². The van der Waals surface area contributed by atoms with Crippen molar-refractivity contribution >= 4 is 6.09 Å². The molecule has 0 bridgehead atoms. The maximum absolute atomic E-state index is 10.1. The van der Waals surface area contributed by atoms with Crippen LogP contribution in [0.3, 0.4) is 0 Å². The number of amides is 1. The van der Waals surface area contributed by atoms with Crippen LogP contribution in [0.25, 0.3) is 0 Å². The smallest absolute Gasteiger partial charge is 0.404 e. The summed E-state index contributed by atoms with van der Waals surface area (Å²) in [5, 5.41) is 10.7. The molecule has 84 valence electrons. The van der Waals surface area contributed by atoms with Crippen molar-refractivity contribution < 1.29 is 9.90 Å². The van der Waals surface area contributed by atoms with Crippen LogP contribution in [0.5, 0.6) is 0 Å². The highest BCUT2D eigenvalue weighted by atomic mass is 16.4. The first-order valence-electron chi connectivity index (χ1n) is 5.23. The third kappa shape index (κ3) is 5.72. The SMILES string of the molecule is O=C(O)NCCCCCCc1cnc[nH]1. The summed E-state index contributed by atoms with van der Waals surface area (Å²) in [5.41, 5.74) is 1.17. The second kappa shape index (κ2) is 6.86. The minimum atomic E-state index is -0.938. The fourth-order valence-corrected chi connectivity index (χ4v) is 1.41. The quantitative estimate of drug-likeness (QED) is 0.601. The monoisotopic (exact) mass is 211 g/mol. The molecule has 0 aromatic carbocycles. The van der Waals surface area contributed by atoms with Crippen molar-refractivity contribution in [2.75, 3.05) is 6.54 Å². The summed E-state index contributed by atoms with van der Waals surface area (Å²) in [6.45, 7) is 0.555. The van der Waals surface area contributed by atoms with Crippen molar-refractivity contribution in [2.24, 2.45) is 0 Å². The molecule has 5 heteroatoms. The van der Waals surface area contributed by atoms with Gasteiger partial charge in [0.2, 0.25) is 0 Å². The van der Waals surface area contributed by atoms with Crippen molar-refractivity contribution in [3.05, 3.63) is 18.2 Å². The Labute approximate surface area is 88.9 Å². The second-order valence-electron chi connectivity index (χ2n) is 3.47. The fraction of sp³-hybridized carbons (Fsp3) is 0.600. The van der Waals surface area contributed by atoms with Crippen molar-refractivity contribution in [1.29, 1.82) is 0 Å². The minimum Gasteiger partial charge on any atom is -0.465 e. The lowest BCUT2D eigenvalue weighted by atomic mass is 10.1. The highest BCUT2D eigenvalue weighted by molar-refractivity contribution is 5.64. The third-order valence-electron chi connectivity index (χ3n) is 2.20. The molecule has 1 heterocycles. The van der Waals surface area contributed by atoms with E-state index in [1.54, 1.807) is 6.33 Å². The average Bonchev–Trinajstić information content (AvgIpc) is 2.68. The number of unbranched alkanes of at least 4 members (excludes halogenated alkanes) is 3. The molecule has 15 heavy (non-hydrogen) atoms. The van der Waals surface area contributed by atoms with E-state index in [1.807, 2.05) is 6.20 Å². The van der Waals surface area contributed by atoms with Crippen molar-refractivity contribution in [1.82, 2.24) is 15.3 Å². The molecule has 3 N–H and O–H groups in total. The Hall–Kier alpha value is -1.52. The van der Waals surface area contributed by atoms with Gasteiger partial charge in [-0.3, -0.25) is 0 Å². The van der Waals surface area contributed by atoms with E-state index in [1.165, 1.54) is 5.69 Å². The summed E-state index contributed by atoms with van der Waals surface area (Å²) in [7, 11) is 0. The standard InChI is InChI=1S/C10H17N3O2/c14-10(15)12-6-4-2-1-3-5-9-7-11-8-13-9/h7-8,12H,1-6H2,(H,11,13)(H,14,15). The van der Waals surface area contributed by atoms with Crippen LogP contribution in [0, 0.1) is 0 Å². The zero-order valence-corrected chi connectivity index (χ0v) is 8.70. The van der Waals surface area contributed by atoms with Gasteiger partial charge in [-0.15, -0.1) is 0 Å². The number of aromatic nitrogens is 2. The molecule has 0 aliphatic carbocycles. The van der Waals surface area contributed by atoms with Crippen LogP contribution >= 0.6 is 0 Å². The largest absolute Gasteiger partial charge is 0.465 e. The summed E-state index contributed by atoms with van der Waals surface area (Å²) in [4.78, 5) is 17.1. The molecule has 1 rings (SSSR count).